The van der Waals surface area contributed by atoms with E-state index in [0.29, 0.717) is 25.2 Å². The van der Waals surface area contributed by atoms with Crippen LogP contribution < -0.4 is 4.74 Å². The third kappa shape index (κ3) is 2.40. The molecular weight excluding hydrogens is 256 g/mol. The van der Waals surface area contributed by atoms with Crippen molar-refractivity contribution in [2.45, 2.75) is 44.6 Å². The number of methoxy groups -OCH3 is 1. The zero-order valence-corrected chi connectivity index (χ0v) is 12.5. The number of benzene rings is 1. The summed E-state index contributed by atoms with van der Waals surface area (Å²) >= 11 is 0. The topological polar surface area (TPSA) is 55.8 Å². The lowest BCUT2D eigenvalue weighted by Gasteiger charge is -2.26. The number of hydrogen-bond donors (Lipinski definition) is 1. The second-order valence-corrected chi connectivity index (χ2v) is 5.75. The summed E-state index contributed by atoms with van der Waals surface area (Å²) < 4.78 is 11.1. The summed E-state index contributed by atoms with van der Waals surface area (Å²) in [4.78, 5) is 11.6. The Morgan fingerprint density at radius 2 is 2.05 bits per heavy atom. The summed E-state index contributed by atoms with van der Waals surface area (Å²) in [6.45, 7) is 6.35. The quantitative estimate of drug-likeness (QED) is 0.868. The summed E-state index contributed by atoms with van der Waals surface area (Å²) in [5.41, 5.74) is 0.513. The molecule has 0 amide bonds. The number of ether oxygens (including phenoxy) is 2. The van der Waals surface area contributed by atoms with Crippen LogP contribution in [0.5, 0.6) is 5.75 Å². The highest BCUT2D eigenvalue weighted by Crippen LogP contribution is 2.52. The van der Waals surface area contributed by atoms with Crippen LogP contribution in [0.2, 0.25) is 0 Å². The molecule has 4 heteroatoms. The fraction of sp³-hybridized carbons (Fsp3) is 0.562. The Labute approximate surface area is 119 Å². The van der Waals surface area contributed by atoms with E-state index in [0.717, 1.165) is 11.1 Å². The van der Waals surface area contributed by atoms with Gasteiger partial charge in [-0.25, -0.2) is 0 Å². The molecule has 1 N–H and O–H groups in total. The van der Waals surface area contributed by atoms with Crippen molar-refractivity contribution >= 4 is 5.97 Å². The highest BCUT2D eigenvalue weighted by atomic mass is 16.5. The first kappa shape index (κ1) is 14.9. The van der Waals surface area contributed by atoms with Crippen molar-refractivity contribution < 1.29 is 19.4 Å². The third-order valence-corrected chi connectivity index (χ3v) is 4.16. The van der Waals surface area contributed by atoms with Gasteiger partial charge in [-0.15, -0.1) is 0 Å². The predicted molar refractivity (Wildman–Crippen MR) is 76.2 cm³/mol. The van der Waals surface area contributed by atoms with Gasteiger partial charge in [0.05, 0.1) is 17.6 Å². The molecule has 20 heavy (non-hydrogen) atoms. The van der Waals surface area contributed by atoms with Crippen LogP contribution in [0, 0.1) is 0 Å². The Morgan fingerprint density at radius 1 is 1.40 bits per heavy atom. The largest absolute Gasteiger partial charge is 0.494 e. The van der Waals surface area contributed by atoms with Crippen molar-refractivity contribution in [2.75, 3.05) is 13.7 Å². The van der Waals surface area contributed by atoms with Crippen LogP contribution in [0.3, 0.4) is 0 Å². The normalized spacial score (nSPS) is 16.8. The second-order valence-electron chi connectivity index (χ2n) is 5.75. The molecule has 0 spiro atoms. The summed E-state index contributed by atoms with van der Waals surface area (Å²) in [6, 6.07) is 5.73. The van der Waals surface area contributed by atoms with E-state index in [2.05, 4.69) is 0 Å². The maximum atomic E-state index is 11.6. The van der Waals surface area contributed by atoms with Crippen LogP contribution in [0.1, 0.15) is 44.7 Å². The minimum atomic E-state index is -0.773. The van der Waals surface area contributed by atoms with E-state index < -0.39 is 17.0 Å². The van der Waals surface area contributed by atoms with Crippen LogP contribution in [-0.2, 0) is 20.5 Å². The Bertz CT molecular complexity index is 515. The van der Waals surface area contributed by atoms with Gasteiger partial charge in [0.15, 0.2) is 0 Å². The van der Waals surface area contributed by atoms with Crippen LogP contribution >= 0.6 is 0 Å². The van der Waals surface area contributed by atoms with Crippen molar-refractivity contribution in [3.8, 4) is 5.75 Å². The van der Waals surface area contributed by atoms with Gasteiger partial charge in [-0.3, -0.25) is 4.79 Å². The number of hydrogen-bond acceptors (Lipinski definition) is 3. The van der Waals surface area contributed by atoms with E-state index in [-0.39, 0.29) is 0 Å². The van der Waals surface area contributed by atoms with Gasteiger partial charge >= 0.3 is 5.97 Å². The average Bonchev–Trinajstić information content (AvgIpc) is 3.21. The summed E-state index contributed by atoms with van der Waals surface area (Å²) in [5, 5.41) is 9.51. The van der Waals surface area contributed by atoms with E-state index in [1.807, 2.05) is 39.0 Å². The maximum absolute atomic E-state index is 11.6. The van der Waals surface area contributed by atoms with Crippen molar-refractivity contribution in [3.05, 3.63) is 29.3 Å². The molecule has 0 heterocycles. The summed E-state index contributed by atoms with van der Waals surface area (Å²) in [5.74, 6) is -0.103. The van der Waals surface area contributed by atoms with Gasteiger partial charge < -0.3 is 14.6 Å². The molecule has 0 aromatic heterocycles. The molecule has 1 aliphatic rings. The molecule has 0 bridgehead atoms. The zero-order chi connectivity index (χ0) is 15.0. The Hall–Kier alpha value is -1.55. The molecule has 1 fully saturated rings. The van der Waals surface area contributed by atoms with E-state index in [1.54, 1.807) is 7.11 Å². The smallest absolute Gasteiger partial charge is 0.314 e. The van der Waals surface area contributed by atoms with Gasteiger partial charge in [0, 0.05) is 12.7 Å². The highest BCUT2D eigenvalue weighted by molar-refractivity contribution is 5.86. The SMILES string of the molecule is CCOc1ccc(C(C)(C)OC)cc1C1(C(=O)O)CC1. The fourth-order valence-corrected chi connectivity index (χ4v) is 2.40. The molecular formula is C16H22O4. The maximum Gasteiger partial charge on any atom is 0.314 e. The standard InChI is InChI=1S/C16H22O4/c1-5-20-13-7-6-11(15(2,3)19-4)10-12(13)16(8-9-16)14(17)18/h6-7,10H,5,8-9H2,1-4H3,(H,17,18). The molecule has 4 nitrogen and oxygen atoms in total. The third-order valence-electron chi connectivity index (χ3n) is 4.16. The monoisotopic (exact) mass is 278 g/mol. The number of aliphatic carboxylic acids is 1. The van der Waals surface area contributed by atoms with Gasteiger partial charge in [-0.1, -0.05) is 6.07 Å². The number of carboxylic acid groups (broad SMARTS) is 1. The number of rotatable bonds is 6. The minimum Gasteiger partial charge on any atom is -0.494 e. The lowest BCUT2D eigenvalue weighted by molar-refractivity contribution is -0.140. The average molecular weight is 278 g/mol. The first-order valence-corrected chi connectivity index (χ1v) is 6.94. The van der Waals surface area contributed by atoms with Crippen LogP contribution in [0.4, 0.5) is 0 Å². The molecule has 1 aromatic rings. The molecule has 0 radical (unpaired) electrons. The van der Waals surface area contributed by atoms with E-state index >= 15 is 0 Å². The Balaban J connectivity index is 2.51. The lowest BCUT2D eigenvalue weighted by Crippen LogP contribution is -2.24. The summed E-state index contributed by atoms with van der Waals surface area (Å²) in [7, 11) is 1.65. The van der Waals surface area contributed by atoms with Crippen molar-refractivity contribution in [3.63, 3.8) is 0 Å². The predicted octanol–water partition coefficient (Wildman–Crippen LogP) is 3.08. The lowest BCUT2D eigenvalue weighted by atomic mass is 9.89. The van der Waals surface area contributed by atoms with E-state index in [9.17, 15) is 9.90 Å². The molecule has 0 unspecified atom stereocenters. The molecule has 0 aliphatic heterocycles. The van der Waals surface area contributed by atoms with Gasteiger partial charge in [0.2, 0.25) is 0 Å². The fourth-order valence-electron chi connectivity index (χ4n) is 2.40. The van der Waals surface area contributed by atoms with Crippen LogP contribution in [-0.4, -0.2) is 24.8 Å². The molecule has 110 valence electrons. The van der Waals surface area contributed by atoms with Crippen molar-refractivity contribution in [1.82, 2.24) is 0 Å². The first-order valence-electron chi connectivity index (χ1n) is 6.94. The van der Waals surface area contributed by atoms with Crippen molar-refractivity contribution in [1.29, 1.82) is 0 Å². The second kappa shape index (κ2) is 5.09. The molecule has 1 aliphatic carbocycles. The number of carbonyl (C=O) groups is 1. The molecule has 0 saturated heterocycles. The van der Waals surface area contributed by atoms with Crippen LogP contribution in [0.15, 0.2) is 18.2 Å². The zero-order valence-electron chi connectivity index (χ0n) is 12.5. The van der Waals surface area contributed by atoms with Gasteiger partial charge in [0.25, 0.3) is 0 Å². The molecule has 1 aromatic carbocycles. The van der Waals surface area contributed by atoms with Gasteiger partial charge in [0.1, 0.15) is 5.75 Å². The van der Waals surface area contributed by atoms with Gasteiger partial charge in [-0.2, -0.15) is 0 Å². The van der Waals surface area contributed by atoms with E-state index in [4.69, 9.17) is 9.47 Å². The summed E-state index contributed by atoms with van der Waals surface area (Å²) in [6.07, 6.45) is 1.33. The van der Waals surface area contributed by atoms with Gasteiger partial charge in [-0.05, 0) is 51.3 Å². The molecule has 2 rings (SSSR count). The minimum absolute atomic E-state index is 0.450. The Kier molecular flexibility index (Phi) is 3.78. The van der Waals surface area contributed by atoms with Crippen molar-refractivity contribution in [2.24, 2.45) is 0 Å². The Morgan fingerprint density at radius 3 is 2.50 bits per heavy atom. The van der Waals surface area contributed by atoms with E-state index in [1.165, 1.54) is 0 Å². The number of carboxylic acids is 1. The molecule has 0 atom stereocenters. The first-order chi connectivity index (χ1) is 9.37. The van der Waals surface area contributed by atoms with Crippen LogP contribution in [0.25, 0.3) is 0 Å². The highest BCUT2D eigenvalue weighted by Gasteiger charge is 2.53. The molecule has 1 saturated carbocycles.